The van der Waals surface area contributed by atoms with Crippen molar-refractivity contribution in [2.24, 2.45) is 0 Å². The average molecular weight is 380 g/mol. The number of nitrogens with one attached hydrogen (secondary N) is 1. The van der Waals surface area contributed by atoms with Gasteiger partial charge in [-0.25, -0.2) is 4.79 Å². The van der Waals surface area contributed by atoms with E-state index in [0.29, 0.717) is 29.3 Å². The maximum Gasteiger partial charge on any atom is 0.322 e. The standard InChI is InChI=1S/C22H24N2O4/c1-14-20(15(2)25)21(17-10-11-18(27-3)19(12-17)28-4)23-22(26)24(14)13-16-8-6-5-7-9-16/h5-12,21H,13H2,1-4H3,(H,23,26). The van der Waals surface area contributed by atoms with Gasteiger partial charge in [0, 0.05) is 11.3 Å². The molecule has 0 aliphatic carbocycles. The van der Waals surface area contributed by atoms with Crippen LogP contribution in [0.5, 0.6) is 11.5 Å². The van der Waals surface area contributed by atoms with Gasteiger partial charge in [-0.05, 0) is 37.1 Å². The number of allylic oxidation sites excluding steroid dienone is 1. The number of ketones is 1. The number of carbonyl (C=O) groups is 2. The van der Waals surface area contributed by atoms with Crippen molar-refractivity contribution in [3.8, 4) is 11.5 Å². The van der Waals surface area contributed by atoms with Crippen LogP contribution in [0, 0.1) is 0 Å². The molecular weight excluding hydrogens is 356 g/mol. The minimum atomic E-state index is -0.545. The fourth-order valence-electron chi connectivity index (χ4n) is 3.48. The molecule has 6 heteroatoms. The van der Waals surface area contributed by atoms with Gasteiger partial charge in [0.25, 0.3) is 0 Å². The van der Waals surface area contributed by atoms with Gasteiger partial charge in [0.15, 0.2) is 17.3 Å². The van der Waals surface area contributed by atoms with E-state index in [9.17, 15) is 9.59 Å². The van der Waals surface area contributed by atoms with Crippen LogP contribution in [0.25, 0.3) is 0 Å². The van der Waals surface area contributed by atoms with Gasteiger partial charge in [0.05, 0.1) is 26.8 Å². The molecule has 0 saturated heterocycles. The minimum absolute atomic E-state index is 0.0876. The van der Waals surface area contributed by atoms with Gasteiger partial charge in [-0.3, -0.25) is 9.69 Å². The summed E-state index contributed by atoms with van der Waals surface area (Å²) in [5.74, 6) is 1.04. The third-order valence-corrected chi connectivity index (χ3v) is 4.90. The maximum atomic E-state index is 12.9. The van der Waals surface area contributed by atoms with Gasteiger partial charge < -0.3 is 14.8 Å². The van der Waals surface area contributed by atoms with Crippen LogP contribution < -0.4 is 14.8 Å². The molecule has 6 nitrogen and oxygen atoms in total. The van der Waals surface area contributed by atoms with E-state index in [-0.39, 0.29) is 11.8 Å². The zero-order valence-electron chi connectivity index (χ0n) is 16.5. The molecule has 0 saturated carbocycles. The monoisotopic (exact) mass is 380 g/mol. The Morgan fingerprint density at radius 3 is 2.36 bits per heavy atom. The third kappa shape index (κ3) is 3.71. The number of carbonyl (C=O) groups excluding carboxylic acids is 2. The lowest BCUT2D eigenvalue weighted by Gasteiger charge is -2.35. The van der Waals surface area contributed by atoms with E-state index in [0.717, 1.165) is 11.1 Å². The van der Waals surface area contributed by atoms with Crippen LogP contribution in [0.2, 0.25) is 0 Å². The number of benzene rings is 2. The second-order valence-corrected chi connectivity index (χ2v) is 6.62. The molecule has 0 fully saturated rings. The Morgan fingerprint density at radius 2 is 1.75 bits per heavy atom. The molecule has 1 aliphatic rings. The SMILES string of the molecule is COc1ccc(C2NC(=O)N(Cc3ccccc3)C(C)=C2C(C)=O)cc1OC. The smallest absolute Gasteiger partial charge is 0.322 e. The second kappa shape index (κ2) is 8.17. The molecule has 1 unspecified atom stereocenters. The summed E-state index contributed by atoms with van der Waals surface area (Å²) in [4.78, 5) is 26.9. The van der Waals surface area contributed by atoms with Crippen molar-refractivity contribution >= 4 is 11.8 Å². The molecule has 2 amide bonds. The number of hydrogen-bond donors (Lipinski definition) is 1. The van der Waals surface area contributed by atoms with Crippen LogP contribution in [-0.2, 0) is 11.3 Å². The number of rotatable bonds is 6. The highest BCUT2D eigenvalue weighted by Gasteiger charge is 2.34. The summed E-state index contributed by atoms with van der Waals surface area (Å²) in [6.07, 6.45) is 0. The summed E-state index contributed by atoms with van der Waals surface area (Å²) >= 11 is 0. The van der Waals surface area contributed by atoms with Gasteiger partial charge in [0.2, 0.25) is 0 Å². The van der Waals surface area contributed by atoms with E-state index in [1.807, 2.05) is 43.3 Å². The van der Waals surface area contributed by atoms with Crippen molar-refractivity contribution in [3.63, 3.8) is 0 Å². The highest BCUT2D eigenvalue weighted by molar-refractivity contribution is 5.98. The molecule has 2 aromatic carbocycles. The Labute approximate surface area is 164 Å². The average Bonchev–Trinajstić information content (AvgIpc) is 2.70. The lowest BCUT2D eigenvalue weighted by Crippen LogP contribution is -2.47. The lowest BCUT2D eigenvalue weighted by atomic mass is 9.92. The first-order valence-electron chi connectivity index (χ1n) is 9.01. The molecule has 146 valence electrons. The fourth-order valence-corrected chi connectivity index (χ4v) is 3.48. The van der Waals surface area contributed by atoms with E-state index in [1.54, 1.807) is 31.3 Å². The van der Waals surface area contributed by atoms with Gasteiger partial charge >= 0.3 is 6.03 Å². The zero-order valence-corrected chi connectivity index (χ0v) is 16.5. The first-order valence-corrected chi connectivity index (χ1v) is 9.01. The number of urea groups is 1. The molecule has 0 aromatic heterocycles. The van der Waals surface area contributed by atoms with Gasteiger partial charge in [-0.1, -0.05) is 36.4 Å². The van der Waals surface area contributed by atoms with Crippen molar-refractivity contribution in [2.75, 3.05) is 14.2 Å². The predicted molar refractivity (Wildman–Crippen MR) is 106 cm³/mol. The molecular formula is C22H24N2O4. The Morgan fingerprint density at radius 1 is 1.07 bits per heavy atom. The predicted octanol–water partition coefficient (Wildman–Crippen LogP) is 3.83. The summed E-state index contributed by atoms with van der Waals surface area (Å²) < 4.78 is 10.6. The number of ether oxygens (including phenoxy) is 2. The van der Waals surface area contributed by atoms with Crippen LogP contribution in [0.3, 0.4) is 0 Å². The van der Waals surface area contributed by atoms with Crippen LogP contribution in [0.1, 0.15) is 31.0 Å². The van der Waals surface area contributed by atoms with Crippen LogP contribution in [0.4, 0.5) is 4.79 Å². The molecule has 0 bridgehead atoms. The van der Waals surface area contributed by atoms with E-state index in [2.05, 4.69) is 5.32 Å². The molecule has 0 spiro atoms. The number of hydrogen-bond acceptors (Lipinski definition) is 4. The van der Waals surface area contributed by atoms with Crippen molar-refractivity contribution in [1.82, 2.24) is 10.2 Å². The molecule has 3 rings (SSSR count). The maximum absolute atomic E-state index is 12.9. The Bertz CT molecular complexity index is 921. The quantitative estimate of drug-likeness (QED) is 0.827. The van der Waals surface area contributed by atoms with Gasteiger partial charge in [-0.15, -0.1) is 0 Å². The number of Topliss-reactive ketones (excluding diaryl/α,β-unsaturated/α-hetero) is 1. The summed E-state index contributed by atoms with van der Waals surface area (Å²) in [7, 11) is 3.11. The van der Waals surface area contributed by atoms with Crippen LogP contribution >= 0.6 is 0 Å². The molecule has 1 atom stereocenters. The topological polar surface area (TPSA) is 67.9 Å². The molecule has 28 heavy (non-hydrogen) atoms. The Kier molecular flexibility index (Phi) is 5.68. The van der Waals surface area contributed by atoms with E-state index in [4.69, 9.17) is 9.47 Å². The van der Waals surface area contributed by atoms with E-state index < -0.39 is 6.04 Å². The second-order valence-electron chi connectivity index (χ2n) is 6.62. The summed E-state index contributed by atoms with van der Waals surface area (Å²) in [5, 5.41) is 2.97. The number of amides is 2. The molecule has 2 aromatic rings. The minimum Gasteiger partial charge on any atom is -0.493 e. The van der Waals surface area contributed by atoms with Gasteiger partial charge in [-0.2, -0.15) is 0 Å². The van der Waals surface area contributed by atoms with E-state index >= 15 is 0 Å². The van der Waals surface area contributed by atoms with E-state index in [1.165, 1.54) is 6.92 Å². The Balaban J connectivity index is 2.02. The van der Waals surface area contributed by atoms with Crippen LogP contribution in [0.15, 0.2) is 59.8 Å². The molecule has 0 radical (unpaired) electrons. The summed E-state index contributed by atoms with van der Waals surface area (Å²) in [6.45, 7) is 3.73. The van der Waals surface area contributed by atoms with Crippen LogP contribution in [-0.4, -0.2) is 30.9 Å². The largest absolute Gasteiger partial charge is 0.493 e. The molecule has 1 aliphatic heterocycles. The third-order valence-electron chi connectivity index (χ3n) is 4.90. The molecule has 1 heterocycles. The first-order chi connectivity index (χ1) is 13.5. The fraction of sp³-hybridized carbons (Fsp3) is 0.273. The van der Waals surface area contributed by atoms with Crippen molar-refractivity contribution in [2.45, 2.75) is 26.4 Å². The summed E-state index contributed by atoms with van der Waals surface area (Å²) in [5.41, 5.74) is 2.96. The molecule has 1 N–H and O–H groups in total. The summed E-state index contributed by atoms with van der Waals surface area (Å²) in [6, 6.07) is 14.3. The normalized spacial score (nSPS) is 16.6. The lowest BCUT2D eigenvalue weighted by molar-refractivity contribution is -0.114. The van der Waals surface area contributed by atoms with Gasteiger partial charge in [0.1, 0.15) is 0 Å². The Hall–Kier alpha value is -3.28. The van der Waals surface area contributed by atoms with Crippen molar-refractivity contribution < 1.29 is 19.1 Å². The highest BCUT2D eigenvalue weighted by Crippen LogP contribution is 2.36. The number of methoxy groups -OCH3 is 2. The highest BCUT2D eigenvalue weighted by atomic mass is 16.5. The number of nitrogens with zero attached hydrogens (tertiary/aromatic N) is 1. The van der Waals surface area contributed by atoms with Crippen molar-refractivity contribution in [1.29, 1.82) is 0 Å². The first kappa shape index (κ1) is 19.5. The zero-order chi connectivity index (χ0) is 20.3. The van der Waals surface area contributed by atoms with Crippen molar-refractivity contribution in [3.05, 3.63) is 70.9 Å².